The Bertz CT molecular complexity index is 881. The maximum Gasteiger partial charge on any atom is 0.0283 e. The van der Waals surface area contributed by atoms with Crippen LogP contribution < -0.4 is 0 Å². The van der Waals surface area contributed by atoms with Gasteiger partial charge in [0.25, 0.3) is 0 Å². The molecule has 0 aliphatic heterocycles. The number of benzene rings is 3. The standard InChI is InChI=1S/C28H27Br/c29-28-19-25(22-10-4-1-5-11-22)16-26(20-28,23-12-6-2-7-13-23)18-27(17-25,21-28)24-14-8-3-9-15-24/h1-15H,16-21H2. The van der Waals surface area contributed by atoms with Crippen LogP contribution in [-0.2, 0) is 16.2 Å². The molecular formula is C28H27Br. The van der Waals surface area contributed by atoms with Gasteiger partial charge in [0, 0.05) is 4.32 Å². The predicted molar refractivity (Wildman–Crippen MR) is 124 cm³/mol. The number of hydrogen-bond acceptors (Lipinski definition) is 0. The Morgan fingerprint density at radius 1 is 0.414 bits per heavy atom. The molecule has 29 heavy (non-hydrogen) atoms. The summed E-state index contributed by atoms with van der Waals surface area (Å²) in [7, 11) is 0. The van der Waals surface area contributed by atoms with Gasteiger partial charge in [0.15, 0.2) is 0 Å². The Kier molecular flexibility index (Phi) is 3.76. The summed E-state index contributed by atoms with van der Waals surface area (Å²) in [6.07, 6.45) is 7.59. The van der Waals surface area contributed by atoms with E-state index in [4.69, 9.17) is 0 Å². The average molecular weight is 443 g/mol. The van der Waals surface area contributed by atoms with E-state index in [1.54, 1.807) is 16.7 Å². The number of alkyl halides is 1. The van der Waals surface area contributed by atoms with Crippen LogP contribution in [0.3, 0.4) is 0 Å². The van der Waals surface area contributed by atoms with Crippen molar-refractivity contribution in [2.24, 2.45) is 0 Å². The molecule has 146 valence electrons. The highest BCUT2D eigenvalue weighted by Crippen LogP contribution is 2.73. The maximum absolute atomic E-state index is 4.35. The molecule has 0 radical (unpaired) electrons. The van der Waals surface area contributed by atoms with Gasteiger partial charge in [-0.05, 0) is 71.5 Å². The Morgan fingerprint density at radius 3 is 0.966 bits per heavy atom. The smallest absolute Gasteiger partial charge is 0.0283 e. The molecule has 0 spiro atoms. The van der Waals surface area contributed by atoms with Gasteiger partial charge in [0.2, 0.25) is 0 Å². The maximum atomic E-state index is 4.35. The summed E-state index contributed by atoms with van der Waals surface area (Å²) >= 11 is 4.35. The van der Waals surface area contributed by atoms with Crippen LogP contribution in [0.25, 0.3) is 0 Å². The first-order chi connectivity index (χ1) is 14.1. The van der Waals surface area contributed by atoms with Crippen LogP contribution in [0.1, 0.15) is 55.2 Å². The third kappa shape index (κ3) is 2.63. The van der Waals surface area contributed by atoms with Crippen LogP contribution in [0.2, 0.25) is 0 Å². The van der Waals surface area contributed by atoms with Gasteiger partial charge in [-0.15, -0.1) is 0 Å². The minimum Gasteiger partial charge on any atom is -0.0852 e. The zero-order valence-electron chi connectivity index (χ0n) is 16.8. The van der Waals surface area contributed by atoms with Gasteiger partial charge in [0.1, 0.15) is 0 Å². The van der Waals surface area contributed by atoms with Gasteiger partial charge in [-0.2, -0.15) is 0 Å². The fourth-order valence-corrected chi connectivity index (χ4v) is 9.42. The predicted octanol–water partition coefficient (Wildman–Crippen LogP) is 7.32. The molecular weight excluding hydrogens is 416 g/mol. The molecule has 7 rings (SSSR count). The lowest BCUT2D eigenvalue weighted by Crippen LogP contribution is -2.66. The summed E-state index contributed by atoms with van der Waals surface area (Å²) in [5, 5.41) is 0. The molecule has 0 amide bonds. The van der Waals surface area contributed by atoms with Crippen molar-refractivity contribution in [3.05, 3.63) is 108 Å². The van der Waals surface area contributed by atoms with E-state index in [1.807, 2.05) is 0 Å². The van der Waals surface area contributed by atoms with E-state index in [0.29, 0.717) is 0 Å². The number of hydrogen-bond donors (Lipinski definition) is 0. The summed E-state index contributed by atoms with van der Waals surface area (Å²) < 4.78 is 0.212. The van der Waals surface area contributed by atoms with Crippen molar-refractivity contribution in [2.45, 2.75) is 59.1 Å². The number of halogens is 1. The van der Waals surface area contributed by atoms with Gasteiger partial charge in [-0.1, -0.05) is 107 Å². The summed E-state index contributed by atoms with van der Waals surface area (Å²) in [5.41, 5.74) is 5.36. The van der Waals surface area contributed by atoms with E-state index in [9.17, 15) is 0 Å². The van der Waals surface area contributed by atoms with Crippen LogP contribution in [0, 0.1) is 0 Å². The normalized spacial score (nSPS) is 37.6. The highest BCUT2D eigenvalue weighted by atomic mass is 79.9. The van der Waals surface area contributed by atoms with Crippen LogP contribution in [0.4, 0.5) is 0 Å². The van der Waals surface area contributed by atoms with E-state index in [1.165, 1.54) is 38.5 Å². The molecule has 0 saturated heterocycles. The second-order valence-corrected chi connectivity index (χ2v) is 11.8. The van der Waals surface area contributed by atoms with E-state index in [0.717, 1.165) is 0 Å². The van der Waals surface area contributed by atoms with Gasteiger partial charge < -0.3 is 0 Å². The Balaban J connectivity index is 1.60. The molecule has 3 aromatic rings. The van der Waals surface area contributed by atoms with Crippen LogP contribution in [-0.4, -0.2) is 4.32 Å². The van der Waals surface area contributed by atoms with Gasteiger partial charge in [0.05, 0.1) is 0 Å². The third-order valence-corrected chi connectivity index (χ3v) is 9.00. The molecule has 4 fully saturated rings. The molecule has 4 bridgehead atoms. The molecule has 0 atom stereocenters. The Hall–Kier alpha value is -1.86. The molecule has 4 aliphatic rings. The highest BCUT2D eigenvalue weighted by molar-refractivity contribution is 9.10. The van der Waals surface area contributed by atoms with Crippen LogP contribution >= 0.6 is 15.9 Å². The van der Waals surface area contributed by atoms with Crippen molar-refractivity contribution >= 4 is 15.9 Å². The SMILES string of the molecule is BrC12CC3(c4ccccc4)CC(c4ccccc4)(C1)CC(c1ccccc1)(C2)C3. The summed E-state index contributed by atoms with van der Waals surface area (Å²) in [6, 6.07) is 34.2. The van der Waals surface area contributed by atoms with Gasteiger partial charge in [-0.25, -0.2) is 0 Å². The lowest BCUT2D eigenvalue weighted by molar-refractivity contribution is -0.0313. The van der Waals surface area contributed by atoms with E-state index in [-0.39, 0.29) is 20.6 Å². The second kappa shape index (κ2) is 6.08. The summed E-state index contributed by atoms with van der Waals surface area (Å²) in [4.78, 5) is 0. The van der Waals surface area contributed by atoms with Gasteiger partial charge in [-0.3, -0.25) is 0 Å². The van der Waals surface area contributed by atoms with Crippen molar-refractivity contribution in [3.63, 3.8) is 0 Å². The monoisotopic (exact) mass is 442 g/mol. The largest absolute Gasteiger partial charge is 0.0852 e. The minimum absolute atomic E-state index is 0.212. The first kappa shape index (κ1) is 18.0. The minimum atomic E-state index is 0.212. The highest BCUT2D eigenvalue weighted by Gasteiger charge is 2.68. The molecule has 0 nitrogen and oxygen atoms in total. The molecule has 4 aliphatic carbocycles. The lowest BCUT2D eigenvalue weighted by Gasteiger charge is -2.70. The molecule has 0 unspecified atom stereocenters. The Labute approximate surface area is 182 Å². The average Bonchev–Trinajstić information content (AvgIpc) is 2.74. The first-order valence-corrected chi connectivity index (χ1v) is 11.7. The van der Waals surface area contributed by atoms with Crippen molar-refractivity contribution in [1.82, 2.24) is 0 Å². The molecule has 0 N–H and O–H groups in total. The lowest BCUT2D eigenvalue weighted by atomic mass is 9.36. The third-order valence-electron chi connectivity index (χ3n) is 8.15. The van der Waals surface area contributed by atoms with Gasteiger partial charge >= 0.3 is 0 Å². The molecule has 4 saturated carbocycles. The fraction of sp³-hybridized carbons (Fsp3) is 0.357. The molecule has 1 heteroatoms. The van der Waals surface area contributed by atoms with Crippen LogP contribution in [0.5, 0.6) is 0 Å². The molecule has 3 aromatic carbocycles. The zero-order valence-corrected chi connectivity index (χ0v) is 18.4. The van der Waals surface area contributed by atoms with E-state index >= 15 is 0 Å². The Morgan fingerprint density at radius 2 is 0.690 bits per heavy atom. The van der Waals surface area contributed by atoms with Crippen molar-refractivity contribution in [3.8, 4) is 0 Å². The van der Waals surface area contributed by atoms with E-state index < -0.39 is 0 Å². The molecule has 0 aromatic heterocycles. The topological polar surface area (TPSA) is 0 Å². The summed E-state index contributed by atoms with van der Waals surface area (Å²) in [6.45, 7) is 0. The zero-order chi connectivity index (χ0) is 19.6. The van der Waals surface area contributed by atoms with E-state index in [2.05, 4.69) is 107 Å². The fourth-order valence-electron chi connectivity index (χ4n) is 7.81. The molecule has 0 heterocycles. The second-order valence-electron chi connectivity index (χ2n) is 10.2. The van der Waals surface area contributed by atoms with Crippen molar-refractivity contribution < 1.29 is 0 Å². The van der Waals surface area contributed by atoms with Crippen molar-refractivity contribution in [1.29, 1.82) is 0 Å². The van der Waals surface area contributed by atoms with Crippen molar-refractivity contribution in [2.75, 3.05) is 0 Å². The number of rotatable bonds is 3. The first-order valence-electron chi connectivity index (χ1n) is 10.9. The quantitative estimate of drug-likeness (QED) is 0.372. The van der Waals surface area contributed by atoms with Crippen LogP contribution in [0.15, 0.2) is 91.0 Å². The summed E-state index contributed by atoms with van der Waals surface area (Å²) in [5.74, 6) is 0.